The van der Waals surface area contributed by atoms with Crippen LogP contribution in [-0.4, -0.2) is 42.1 Å². The Kier molecular flexibility index (Phi) is 9.30. The van der Waals surface area contributed by atoms with Crippen LogP contribution in [0, 0.1) is 0 Å². The smallest absolute Gasteiger partial charge is 0.115 e. The first-order valence-electron chi connectivity index (χ1n) is 13.1. The van der Waals surface area contributed by atoms with Crippen LogP contribution in [0.15, 0.2) is 84.5 Å². The van der Waals surface area contributed by atoms with E-state index in [2.05, 4.69) is 114 Å². The zero-order valence-electron chi connectivity index (χ0n) is 21.6. The molecule has 2 N–H and O–H groups in total. The standard InChI is InChI=1S/C30H42N4O/c1-30(35-3)21-19-27(20-22-30)29(31-23-25-13-7-4-8-14-25)34(32-28-17-11-6-12-18-28)33(2)24-26-15-9-5-10-16-26/h4-5,7-10,13-16,19-21,28-29,31-32H,6,11-12,17-18,22-24H2,1-3H3. The van der Waals surface area contributed by atoms with E-state index in [-0.39, 0.29) is 11.8 Å². The van der Waals surface area contributed by atoms with Gasteiger partial charge in [0.05, 0.1) is 5.60 Å². The summed E-state index contributed by atoms with van der Waals surface area (Å²) in [5.41, 5.74) is 7.53. The summed E-state index contributed by atoms with van der Waals surface area (Å²) in [7, 11) is 3.98. The van der Waals surface area contributed by atoms with Crippen LogP contribution in [-0.2, 0) is 17.8 Å². The molecule has 2 aromatic rings. The summed E-state index contributed by atoms with van der Waals surface area (Å²) in [4.78, 5) is 0. The minimum absolute atomic E-state index is 0.0106. The molecule has 2 aliphatic rings. The second-order valence-corrected chi connectivity index (χ2v) is 10.1. The van der Waals surface area contributed by atoms with E-state index in [4.69, 9.17) is 4.74 Å². The molecule has 5 heteroatoms. The molecule has 2 aromatic carbocycles. The van der Waals surface area contributed by atoms with Gasteiger partial charge in [-0.3, -0.25) is 5.32 Å². The fourth-order valence-corrected chi connectivity index (χ4v) is 4.95. The van der Waals surface area contributed by atoms with Crippen molar-refractivity contribution in [3.8, 4) is 0 Å². The third-order valence-corrected chi connectivity index (χ3v) is 7.28. The number of nitrogens with zero attached hydrogens (tertiary/aromatic N) is 2. The molecule has 4 rings (SSSR count). The molecule has 0 bridgehead atoms. The molecule has 188 valence electrons. The molecule has 0 radical (unpaired) electrons. The zero-order valence-corrected chi connectivity index (χ0v) is 21.6. The monoisotopic (exact) mass is 474 g/mol. The van der Waals surface area contributed by atoms with Crippen molar-refractivity contribution in [2.75, 3.05) is 14.2 Å². The van der Waals surface area contributed by atoms with Crippen LogP contribution in [0.2, 0.25) is 0 Å². The molecular weight excluding hydrogens is 432 g/mol. The fraction of sp³-hybridized carbons (Fsp3) is 0.467. The van der Waals surface area contributed by atoms with Crippen LogP contribution in [0.4, 0.5) is 0 Å². The maximum absolute atomic E-state index is 5.75. The van der Waals surface area contributed by atoms with Crippen LogP contribution in [0.1, 0.15) is 56.6 Å². The van der Waals surface area contributed by atoms with Gasteiger partial charge in [-0.2, -0.15) is 5.12 Å². The Labute approximate surface area is 211 Å². The van der Waals surface area contributed by atoms with Crippen LogP contribution >= 0.6 is 0 Å². The van der Waals surface area contributed by atoms with Gasteiger partial charge in [0.1, 0.15) is 6.17 Å². The Morgan fingerprint density at radius 1 is 0.971 bits per heavy atom. The number of rotatable bonds is 11. The molecule has 0 saturated heterocycles. The van der Waals surface area contributed by atoms with Crippen molar-refractivity contribution in [1.29, 1.82) is 0 Å². The van der Waals surface area contributed by atoms with E-state index in [1.54, 1.807) is 7.11 Å². The molecule has 5 nitrogen and oxygen atoms in total. The summed E-state index contributed by atoms with van der Waals surface area (Å²) in [5, 5.41) is 8.54. The lowest BCUT2D eigenvalue weighted by molar-refractivity contribution is -0.104. The van der Waals surface area contributed by atoms with Crippen LogP contribution in [0.5, 0.6) is 0 Å². The van der Waals surface area contributed by atoms with Crippen molar-refractivity contribution in [3.05, 3.63) is 95.6 Å². The molecule has 2 aliphatic carbocycles. The van der Waals surface area contributed by atoms with Gasteiger partial charge in [0.2, 0.25) is 0 Å². The summed E-state index contributed by atoms with van der Waals surface area (Å²) in [6.07, 6.45) is 14.0. The van der Waals surface area contributed by atoms with E-state index in [1.165, 1.54) is 48.8 Å². The van der Waals surface area contributed by atoms with Gasteiger partial charge in [-0.1, -0.05) is 98.2 Å². The first-order valence-corrected chi connectivity index (χ1v) is 13.1. The predicted molar refractivity (Wildman–Crippen MR) is 144 cm³/mol. The highest BCUT2D eigenvalue weighted by atomic mass is 16.5. The van der Waals surface area contributed by atoms with Gasteiger partial charge in [-0.15, -0.1) is 0 Å². The number of hydrazine groups is 2. The number of benzene rings is 2. The molecular formula is C30H42N4O. The van der Waals surface area contributed by atoms with Crippen molar-refractivity contribution in [3.63, 3.8) is 0 Å². The molecule has 1 fully saturated rings. The topological polar surface area (TPSA) is 39.8 Å². The van der Waals surface area contributed by atoms with E-state index in [0.29, 0.717) is 6.04 Å². The number of nitrogens with one attached hydrogen (secondary N) is 2. The summed E-state index contributed by atoms with van der Waals surface area (Å²) in [6.45, 7) is 3.76. The molecule has 2 unspecified atom stereocenters. The molecule has 35 heavy (non-hydrogen) atoms. The third-order valence-electron chi connectivity index (χ3n) is 7.28. The van der Waals surface area contributed by atoms with Crippen molar-refractivity contribution < 1.29 is 4.74 Å². The lowest BCUT2D eigenvalue weighted by Crippen LogP contribution is -2.62. The Morgan fingerprint density at radius 2 is 1.63 bits per heavy atom. The lowest BCUT2D eigenvalue weighted by Gasteiger charge is -2.43. The Morgan fingerprint density at radius 3 is 2.23 bits per heavy atom. The van der Waals surface area contributed by atoms with Crippen LogP contribution in [0.3, 0.4) is 0 Å². The number of hydrogen-bond acceptors (Lipinski definition) is 5. The van der Waals surface area contributed by atoms with Crippen molar-refractivity contribution in [2.24, 2.45) is 0 Å². The highest BCUT2D eigenvalue weighted by molar-refractivity contribution is 5.31. The van der Waals surface area contributed by atoms with E-state index < -0.39 is 0 Å². The zero-order chi connectivity index (χ0) is 24.5. The van der Waals surface area contributed by atoms with E-state index >= 15 is 0 Å². The van der Waals surface area contributed by atoms with Crippen molar-refractivity contribution in [1.82, 2.24) is 20.9 Å². The third kappa shape index (κ3) is 7.35. The van der Waals surface area contributed by atoms with Crippen molar-refractivity contribution in [2.45, 2.75) is 76.3 Å². The van der Waals surface area contributed by atoms with Gasteiger partial charge in [-0.05, 0) is 42.9 Å². The highest BCUT2D eigenvalue weighted by Crippen LogP contribution is 2.27. The van der Waals surface area contributed by atoms with E-state index in [0.717, 1.165) is 19.5 Å². The predicted octanol–water partition coefficient (Wildman–Crippen LogP) is 5.58. The largest absolute Gasteiger partial charge is 0.374 e. The molecule has 0 heterocycles. The second-order valence-electron chi connectivity index (χ2n) is 10.1. The quantitative estimate of drug-likeness (QED) is 0.329. The van der Waals surface area contributed by atoms with E-state index in [1.807, 2.05) is 0 Å². The van der Waals surface area contributed by atoms with Crippen LogP contribution < -0.4 is 10.7 Å². The van der Waals surface area contributed by atoms with Gasteiger partial charge in [0.15, 0.2) is 0 Å². The number of methoxy groups -OCH3 is 1. The molecule has 0 amide bonds. The van der Waals surface area contributed by atoms with E-state index in [9.17, 15) is 0 Å². The maximum Gasteiger partial charge on any atom is 0.115 e. The Hall–Kier alpha value is -2.28. The second kappa shape index (κ2) is 12.6. The minimum atomic E-state index is -0.245. The average Bonchev–Trinajstić information content (AvgIpc) is 2.91. The Bertz CT molecular complexity index is 955. The molecule has 0 spiro atoms. The average molecular weight is 475 g/mol. The first-order chi connectivity index (χ1) is 17.1. The van der Waals surface area contributed by atoms with Crippen LogP contribution in [0.25, 0.3) is 0 Å². The molecule has 1 saturated carbocycles. The van der Waals surface area contributed by atoms with Gasteiger partial charge in [0, 0.05) is 33.3 Å². The van der Waals surface area contributed by atoms with Gasteiger partial charge in [-0.25, -0.2) is 10.4 Å². The normalized spacial score (nSPS) is 21.9. The molecule has 0 aromatic heterocycles. The van der Waals surface area contributed by atoms with Gasteiger partial charge in [0.25, 0.3) is 0 Å². The SMILES string of the molecule is COC1(C)C=CC(C(NCc2ccccc2)N(NC2CCCCC2)N(C)Cc2ccccc2)=CC1. The fourth-order valence-electron chi connectivity index (χ4n) is 4.95. The van der Waals surface area contributed by atoms with Gasteiger partial charge < -0.3 is 4.74 Å². The summed E-state index contributed by atoms with van der Waals surface area (Å²) in [6, 6.07) is 21.9. The maximum atomic E-state index is 5.75. The molecule has 0 aliphatic heterocycles. The summed E-state index contributed by atoms with van der Waals surface area (Å²) in [5.74, 6) is 0. The number of hydrogen-bond donors (Lipinski definition) is 2. The Balaban J connectivity index is 1.61. The highest BCUT2D eigenvalue weighted by Gasteiger charge is 2.31. The molecule has 2 atom stereocenters. The first kappa shape index (κ1) is 25.8. The van der Waals surface area contributed by atoms with Gasteiger partial charge >= 0.3 is 0 Å². The lowest BCUT2D eigenvalue weighted by atomic mass is 9.92. The summed E-state index contributed by atoms with van der Waals surface area (Å²) >= 11 is 0. The summed E-state index contributed by atoms with van der Waals surface area (Å²) < 4.78 is 5.75. The minimum Gasteiger partial charge on any atom is -0.374 e. The number of ether oxygens (including phenoxy) is 1. The van der Waals surface area contributed by atoms with Crippen molar-refractivity contribution >= 4 is 0 Å².